The molecule has 0 saturated heterocycles. The van der Waals surface area contributed by atoms with Gasteiger partial charge in [0, 0.05) is 11.6 Å². The standard InChI is InChI=1S/C21H23FN2O2/c1-15-6-4-10-19(12-15)23-21(25)26-24-20-11-3-2-8-17(20)13-16-7-5-9-18(22)14-16/h4-7,9-10,12,14,17H,2-3,8,11,13H2,1H3,(H,23,25)/b24-20+. The Hall–Kier alpha value is -2.69. The van der Waals surface area contributed by atoms with Gasteiger partial charge in [0.25, 0.3) is 0 Å². The minimum absolute atomic E-state index is 0.178. The van der Waals surface area contributed by atoms with Gasteiger partial charge in [-0.2, -0.15) is 0 Å². The summed E-state index contributed by atoms with van der Waals surface area (Å²) in [6, 6.07) is 14.1. The molecule has 1 aliphatic rings. The molecular formula is C21H23FN2O2. The van der Waals surface area contributed by atoms with Gasteiger partial charge in [0.2, 0.25) is 0 Å². The van der Waals surface area contributed by atoms with Crippen LogP contribution >= 0.6 is 0 Å². The van der Waals surface area contributed by atoms with E-state index in [0.717, 1.165) is 42.5 Å². The first kappa shape index (κ1) is 18.1. The largest absolute Gasteiger partial charge is 0.437 e. The Morgan fingerprint density at radius 2 is 2.08 bits per heavy atom. The van der Waals surface area contributed by atoms with Crippen molar-refractivity contribution < 1.29 is 14.0 Å². The van der Waals surface area contributed by atoms with E-state index in [1.54, 1.807) is 18.2 Å². The van der Waals surface area contributed by atoms with Crippen LogP contribution < -0.4 is 5.32 Å². The maximum Gasteiger partial charge on any atom is 0.437 e. The lowest BCUT2D eigenvalue weighted by Crippen LogP contribution is -2.23. The van der Waals surface area contributed by atoms with Crippen LogP contribution in [0.5, 0.6) is 0 Å². The molecule has 1 unspecified atom stereocenters. The fraction of sp³-hybridized carbons (Fsp3) is 0.333. The van der Waals surface area contributed by atoms with Crippen LogP contribution in [-0.4, -0.2) is 11.8 Å². The van der Waals surface area contributed by atoms with Crippen molar-refractivity contribution in [3.05, 3.63) is 65.5 Å². The molecule has 1 atom stereocenters. The molecular weight excluding hydrogens is 331 g/mol. The van der Waals surface area contributed by atoms with Gasteiger partial charge in [-0.3, -0.25) is 10.2 Å². The number of hydrogen-bond donors (Lipinski definition) is 1. The Bertz CT molecular complexity index is 804. The minimum atomic E-state index is -0.599. The maximum absolute atomic E-state index is 13.4. The minimum Gasteiger partial charge on any atom is -0.298 e. The van der Waals surface area contributed by atoms with Crippen LogP contribution in [0.4, 0.5) is 14.9 Å². The fourth-order valence-electron chi connectivity index (χ4n) is 3.32. The van der Waals surface area contributed by atoms with Crippen LogP contribution in [0.2, 0.25) is 0 Å². The third-order valence-electron chi connectivity index (χ3n) is 4.59. The topological polar surface area (TPSA) is 50.7 Å². The lowest BCUT2D eigenvalue weighted by molar-refractivity contribution is 0.165. The molecule has 26 heavy (non-hydrogen) atoms. The lowest BCUT2D eigenvalue weighted by Gasteiger charge is -2.23. The number of anilines is 1. The molecule has 1 aliphatic carbocycles. The van der Waals surface area contributed by atoms with Crippen LogP contribution in [0.15, 0.2) is 53.7 Å². The second kappa shape index (κ2) is 8.61. The molecule has 1 N–H and O–H groups in total. The summed E-state index contributed by atoms with van der Waals surface area (Å²) >= 11 is 0. The SMILES string of the molecule is Cc1cccc(NC(=O)O/N=C2\CCCCC2Cc2cccc(F)c2)c1. The highest BCUT2D eigenvalue weighted by atomic mass is 19.1. The quantitative estimate of drug-likeness (QED) is 0.584. The summed E-state index contributed by atoms with van der Waals surface area (Å²) in [5.41, 5.74) is 3.54. The van der Waals surface area contributed by atoms with Gasteiger partial charge in [-0.15, -0.1) is 0 Å². The summed E-state index contributed by atoms with van der Waals surface area (Å²) < 4.78 is 13.4. The van der Waals surface area contributed by atoms with E-state index in [-0.39, 0.29) is 11.7 Å². The second-order valence-corrected chi connectivity index (χ2v) is 6.73. The molecule has 1 saturated carbocycles. The molecule has 1 amide bonds. The van der Waals surface area contributed by atoms with E-state index in [4.69, 9.17) is 4.84 Å². The molecule has 136 valence electrons. The molecule has 0 radical (unpaired) electrons. The van der Waals surface area contributed by atoms with Gasteiger partial charge in [-0.25, -0.2) is 9.18 Å². The summed E-state index contributed by atoms with van der Waals surface area (Å²) in [5.74, 6) is -0.0529. The number of halogens is 1. The fourth-order valence-corrected chi connectivity index (χ4v) is 3.32. The predicted molar refractivity (Wildman–Crippen MR) is 101 cm³/mol. The molecule has 2 aromatic rings. The van der Waals surface area contributed by atoms with E-state index < -0.39 is 6.09 Å². The van der Waals surface area contributed by atoms with E-state index in [1.807, 2.05) is 31.2 Å². The van der Waals surface area contributed by atoms with Crippen molar-refractivity contribution in [1.29, 1.82) is 0 Å². The highest BCUT2D eigenvalue weighted by Crippen LogP contribution is 2.26. The van der Waals surface area contributed by atoms with Gasteiger partial charge >= 0.3 is 6.09 Å². The van der Waals surface area contributed by atoms with Crippen molar-refractivity contribution in [2.45, 2.75) is 39.0 Å². The highest BCUT2D eigenvalue weighted by Gasteiger charge is 2.22. The Kier molecular flexibility index (Phi) is 6.00. The van der Waals surface area contributed by atoms with Gasteiger partial charge in [0.1, 0.15) is 5.82 Å². The third kappa shape index (κ3) is 5.15. The zero-order chi connectivity index (χ0) is 18.4. The van der Waals surface area contributed by atoms with Gasteiger partial charge < -0.3 is 0 Å². The zero-order valence-corrected chi connectivity index (χ0v) is 14.9. The first-order chi connectivity index (χ1) is 12.6. The van der Waals surface area contributed by atoms with E-state index >= 15 is 0 Å². The molecule has 2 aromatic carbocycles. The molecule has 0 aromatic heterocycles. The molecule has 0 bridgehead atoms. The average molecular weight is 354 g/mol. The molecule has 0 heterocycles. The van der Waals surface area contributed by atoms with Crippen molar-refractivity contribution in [3.63, 3.8) is 0 Å². The first-order valence-electron chi connectivity index (χ1n) is 8.96. The average Bonchev–Trinajstić information content (AvgIpc) is 2.61. The van der Waals surface area contributed by atoms with E-state index in [0.29, 0.717) is 12.1 Å². The normalized spacial score (nSPS) is 18.5. The van der Waals surface area contributed by atoms with Gasteiger partial charge in [-0.05, 0) is 68.0 Å². The predicted octanol–water partition coefficient (Wildman–Crippen LogP) is 5.47. The number of carbonyl (C=O) groups is 1. The smallest absolute Gasteiger partial charge is 0.298 e. The Morgan fingerprint density at radius 3 is 2.88 bits per heavy atom. The number of hydrogen-bond acceptors (Lipinski definition) is 3. The molecule has 1 fully saturated rings. The molecule has 0 aliphatic heterocycles. The summed E-state index contributed by atoms with van der Waals surface area (Å²) in [6.07, 6.45) is 4.02. The summed E-state index contributed by atoms with van der Waals surface area (Å²) in [4.78, 5) is 17.1. The zero-order valence-electron chi connectivity index (χ0n) is 14.9. The van der Waals surface area contributed by atoms with Gasteiger partial charge in [0.15, 0.2) is 0 Å². The van der Waals surface area contributed by atoms with E-state index in [1.165, 1.54) is 6.07 Å². The van der Waals surface area contributed by atoms with Crippen molar-refractivity contribution in [2.75, 3.05) is 5.32 Å². The number of amides is 1. The second-order valence-electron chi connectivity index (χ2n) is 6.73. The van der Waals surface area contributed by atoms with Gasteiger partial charge in [-0.1, -0.05) is 35.8 Å². The van der Waals surface area contributed by atoms with Crippen molar-refractivity contribution in [1.82, 2.24) is 0 Å². The van der Waals surface area contributed by atoms with E-state index in [9.17, 15) is 9.18 Å². The maximum atomic E-state index is 13.4. The Morgan fingerprint density at radius 1 is 1.23 bits per heavy atom. The summed E-state index contributed by atoms with van der Waals surface area (Å²) in [5, 5.41) is 6.79. The van der Waals surface area contributed by atoms with E-state index in [2.05, 4.69) is 10.5 Å². The van der Waals surface area contributed by atoms with Crippen molar-refractivity contribution in [3.8, 4) is 0 Å². The molecule has 4 nitrogen and oxygen atoms in total. The van der Waals surface area contributed by atoms with Crippen molar-refractivity contribution in [2.24, 2.45) is 11.1 Å². The Balaban J connectivity index is 1.62. The lowest BCUT2D eigenvalue weighted by atomic mass is 9.83. The first-order valence-corrected chi connectivity index (χ1v) is 8.96. The number of aryl methyl sites for hydroxylation is 1. The summed E-state index contributed by atoms with van der Waals surface area (Å²) in [6.45, 7) is 1.95. The monoisotopic (exact) mass is 354 g/mol. The number of oxime groups is 1. The van der Waals surface area contributed by atoms with Crippen LogP contribution in [0, 0.1) is 18.7 Å². The van der Waals surface area contributed by atoms with Crippen LogP contribution in [0.1, 0.15) is 36.8 Å². The molecule has 0 spiro atoms. The van der Waals surface area contributed by atoms with Crippen molar-refractivity contribution >= 4 is 17.5 Å². The highest BCUT2D eigenvalue weighted by molar-refractivity contribution is 5.89. The van der Waals surface area contributed by atoms with Crippen LogP contribution in [0.25, 0.3) is 0 Å². The third-order valence-corrected chi connectivity index (χ3v) is 4.59. The van der Waals surface area contributed by atoms with Gasteiger partial charge in [0.05, 0.1) is 5.71 Å². The molecule has 3 rings (SSSR count). The number of benzene rings is 2. The molecule has 5 heteroatoms. The summed E-state index contributed by atoms with van der Waals surface area (Å²) in [7, 11) is 0. The number of nitrogens with zero attached hydrogens (tertiary/aromatic N) is 1. The number of rotatable bonds is 4. The Labute approximate surface area is 153 Å². The van der Waals surface area contributed by atoms with Crippen LogP contribution in [0.3, 0.4) is 0 Å². The number of nitrogens with one attached hydrogen (secondary N) is 1. The van der Waals surface area contributed by atoms with Crippen LogP contribution in [-0.2, 0) is 11.3 Å². The number of carbonyl (C=O) groups excluding carboxylic acids is 1.